The molecule has 12 nitrogen and oxygen atoms in total. The van der Waals surface area contributed by atoms with Crippen LogP contribution >= 0.6 is 0 Å². The van der Waals surface area contributed by atoms with Crippen LogP contribution in [0.2, 0.25) is 0 Å². The molecule has 2 aromatic carbocycles. The van der Waals surface area contributed by atoms with E-state index in [0.717, 1.165) is 11.1 Å². The Bertz CT molecular complexity index is 1550. The minimum Gasteiger partial charge on any atom is -0.504 e. The molecular formula is C32H33NO11. The third-order valence-electron chi connectivity index (χ3n) is 9.32. The van der Waals surface area contributed by atoms with Gasteiger partial charge in [0.25, 0.3) is 0 Å². The van der Waals surface area contributed by atoms with E-state index in [1.807, 2.05) is 13.1 Å². The number of phenolic OH excluding ortho intramolecular Hbond substituents is 1. The van der Waals surface area contributed by atoms with Crippen LogP contribution in [0.25, 0.3) is 0 Å². The van der Waals surface area contributed by atoms with E-state index in [2.05, 4.69) is 4.90 Å². The van der Waals surface area contributed by atoms with Crippen LogP contribution in [0.4, 0.5) is 0 Å². The zero-order valence-electron chi connectivity index (χ0n) is 24.2. The van der Waals surface area contributed by atoms with Gasteiger partial charge in [-0.25, -0.2) is 9.59 Å². The van der Waals surface area contributed by atoms with Crippen LogP contribution in [0.1, 0.15) is 55.4 Å². The SMILES string of the molecule is C[C@H](OC(=O)CCC(=O)OC1=CC[C@@]2(O)[C@@H]3Cc4ccc(O)c5c4[C@@]2(CCN3C)[C@H]1O5)C(=O)O[C@H](C(=O)O)c1ccccc1. The highest BCUT2D eigenvalue weighted by Crippen LogP contribution is 2.65. The first-order valence-electron chi connectivity index (χ1n) is 14.5. The van der Waals surface area contributed by atoms with Crippen LogP contribution in [0.5, 0.6) is 11.5 Å². The summed E-state index contributed by atoms with van der Waals surface area (Å²) >= 11 is 0. The summed E-state index contributed by atoms with van der Waals surface area (Å²) < 4.78 is 22.1. The molecule has 0 saturated carbocycles. The van der Waals surface area contributed by atoms with E-state index >= 15 is 0 Å². The lowest BCUT2D eigenvalue weighted by molar-refractivity contribution is -0.176. The predicted octanol–water partition coefficient (Wildman–Crippen LogP) is 2.29. The zero-order chi connectivity index (χ0) is 31.4. The van der Waals surface area contributed by atoms with Crippen LogP contribution in [-0.2, 0) is 45.2 Å². The fraction of sp³-hybridized carbons (Fsp3) is 0.438. The molecule has 2 aliphatic carbocycles. The zero-order valence-corrected chi connectivity index (χ0v) is 24.2. The fourth-order valence-corrected chi connectivity index (χ4v) is 7.23. The molecule has 3 N–H and O–H groups in total. The summed E-state index contributed by atoms with van der Waals surface area (Å²) in [5.41, 5.74) is -0.144. The number of likely N-dealkylation sites (tertiary alicyclic amines) is 1. The predicted molar refractivity (Wildman–Crippen MR) is 150 cm³/mol. The average Bonchev–Trinajstić information content (AvgIpc) is 3.36. The van der Waals surface area contributed by atoms with Crippen molar-refractivity contribution >= 4 is 23.9 Å². The van der Waals surface area contributed by atoms with Crippen molar-refractivity contribution in [3.63, 3.8) is 0 Å². The summed E-state index contributed by atoms with van der Waals surface area (Å²) in [6.45, 7) is 1.92. The number of piperidine rings is 1. The highest BCUT2D eigenvalue weighted by atomic mass is 16.6. The molecule has 2 heterocycles. The quantitative estimate of drug-likeness (QED) is 0.281. The molecule has 6 atom stereocenters. The molecule has 6 rings (SSSR count). The molecule has 44 heavy (non-hydrogen) atoms. The number of carbonyl (C=O) groups excluding carboxylic acids is 3. The third-order valence-corrected chi connectivity index (χ3v) is 9.32. The van der Waals surface area contributed by atoms with E-state index in [1.54, 1.807) is 30.3 Å². The molecule has 4 aliphatic rings. The number of benzene rings is 2. The highest BCUT2D eigenvalue weighted by molar-refractivity contribution is 5.84. The Balaban J connectivity index is 1.09. The molecule has 2 aliphatic heterocycles. The lowest BCUT2D eigenvalue weighted by atomic mass is 9.50. The average molecular weight is 608 g/mol. The van der Waals surface area contributed by atoms with Crippen molar-refractivity contribution in [1.82, 2.24) is 4.90 Å². The van der Waals surface area contributed by atoms with Gasteiger partial charge in [-0.05, 0) is 51.1 Å². The van der Waals surface area contributed by atoms with Gasteiger partial charge in [-0.2, -0.15) is 0 Å². The van der Waals surface area contributed by atoms with E-state index in [-0.39, 0.29) is 36.0 Å². The number of aliphatic carboxylic acids is 1. The Kier molecular flexibility index (Phi) is 7.37. The summed E-state index contributed by atoms with van der Waals surface area (Å²) in [4.78, 5) is 51.6. The van der Waals surface area contributed by atoms with Crippen molar-refractivity contribution in [3.8, 4) is 11.5 Å². The lowest BCUT2D eigenvalue weighted by Crippen LogP contribution is -2.74. The van der Waals surface area contributed by atoms with E-state index < -0.39 is 59.6 Å². The third kappa shape index (κ3) is 4.60. The molecule has 0 aromatic heterocycles. The van der Waals surface area contributed by atoms with Crippen molar-refractivity contribution in [2.24, 2.45) is 0 Å². The maximum Gasteiger partial charge on any atom is 0.349 e. The van der Waals surface area contributed by atoms with Crippen LogP contribution in [0.3, 0.4) is 0 Å². The van der Waals surface area contributed by atoms with Crippen LogP contribution < -0.4 is 4.74 Å². The minimum absolute atomic E-state index is 0.0493. The molecular weight excluding hydrogens is 574 g/mol. The number of carboxylic acids is 1. The van der Waals surface area contributed by atoms with E-state index in [0.29, 0.717) is 25.1 Å². The van der Waals surface area contributed by atoms with Crippen LogP contribution in [0, 0.1) is 0 Å². The number of nitrogens with zero attached hydrogens (tertiary/aromatic N) is 1. The molecule has 1 spiro atoms. The van der Waals surface area contributed by atoms with Crippen molar-refractivity contribution in [2.45, 2.75) is 74.4 Å². The van der Waals surface area contributed by atoms with Crippen molar-refractivity contribution in [1.29, 1.82) is 0 Å². The first kappa shape index (κ1) is 29.6. The number of carbonyl (C=O) groups is 4. The Morgan fingerprint density at radius 2 is 1.80 bits per heavy atom. The van der Waals surface area contributed by atoms with Crippen molar-refractivity contribution in [2.75, 3.05) is 13.6 Å². The standard InChI is InChI=1S/C32H33NO11/c1-17(30(39)44-26(29(37)38)18-6-4-3-5-7-18)41-23(35)10-11-24(36)42-21-12-13-32(40)22-16-19-8-9-20(34)27-25(19)31(32,28(21)43-27)14-15-33(22)2/h3-9,12,17,22,26,28,34,40H,10-11,13-16H2,1-2H3,(H,37,38)/t17-,22-,26-,28-,31-,32+/m0/s1. The summed E-state index contributed by atoms with van der Waals surface area (Å²) in [5, 5.41) is 32.3. The number of hydrogen-bond acceptors (Lipinski definition) is 11. The van der Waals surface area contributed by atoms with E-state index in [4.69, 9.17) is 18.9 Å². The van der Waals surface area contributed by atoms with Crippen LogP contribution in [-0.4, -0.2) is 81.5 Å². The van der Waals surface area contributed by atoms with Gasteiger partial charge < -0.3 is 39.2 Å². The minimum atomic E-state index is -1.58. The number of phenols is 1. The van der Waals surface area contributed by atoms with Gasteiger partial charge in [0, 0.05) is 23.6 Å². The second-order valence-corrected chi connectivity index (χ2v) is 11.8. The smallest absolute Gasteiger partial charge is 0.349 e. The molecule has 0 unspecified atom stereocenters. The van der Waals surface area contributed by atoms with Crippen molar-refractivity contribution < 1.29 is 53.4 Å². The monoisotopic (exact) mass is 607 g/mol. The summed E-state index contributed by atoms with van der Waals surface area (Å²) in [7, 11) is 1.97. The first-order valence-corrected chi connectivity index (χ1v) is 14.5. The van der Waals surface area contributed by atoms with Gasteiger partial charge in [0.05, 0.1) is 23.9 Å². The maximum absolute atomic E-state index is 12.9. The van der Waals surface area contributed by atoms with Gasteiger partial charge in [0.1, 0.15) is 5.76 Å². The number of aromatic hydroxyl groups is 1. The van der Waals surface area contributed by atoms with Gasteiger partial charge in [-0.1, -0.05) is 36.4 Å². The second-order valence-electron chi connectivity index (χ2n) is 11.8. The highest BCUT2D eigenvalue weighted by Gasteiger charge is 2.72. The van der Waals surface area contributed by atoms with Gasteiger partial charge in [-0.3, -0.25) is 9.59 Å². The maximum atomic E-state index is 12.9. The second kappa shape index (κ2) is 10.9. The van der Waals surface area contributed by atoms with Gasteiger partial charge in [0.2, 0.25) is 6.10 Å². The normalized spacial score (nSPS) is 27.6. The Labute approximate surface area is 252 Å². The number of ether oxygens (including phenoxy) is 4. The topological polar surface area (TPSA) is 169 Å². The first-order chi connectivity index (χ1) is 21.0. The molecule has 1 fully saturated rings. The van der Waals surface area contributed by atoms with Gasteiger partial charge >= 0.3 is 23.9 Å². The number of rotatable bonds is 9. The molecule has 0 radical (unpaired) electrons. The Morgan fingerprint density at radius 1 is 1.07 bits per heavy atom. The fourth-order valence-electron chi connectivity index (χ4n) is 7.23. The molecule has 1 saturated heterocycles. The lowest BCUT2D eigenvalue weighted by Gasteiger charge is -2.61. The number of likely N-dealkylation sites (N-methyl/N-ethyl adjacent to an activating group) is 1. The van der Waals surface area contributed by atoms with E-state index in [9.17, 15) is 34.5 Å². The molecule has 232 valence electrons. The summed E-state index contributed by atoms with van der Waals surface area (Å²) in [6, 6.07) is 11.1. The number of hydrogen-bond donors (Lipinski definition) is 3. The molecule has 0 amide bonds. The van der Waals surface area contributed by atoms with Gasteiger partial charge in [-0.15, -0.1) is 0 Å². The van der Waals surface area contributed by atoms with Crippen molar-refractivity contribution in [3.05, 3.63) is 71.0 Å². The molecule has 2 bridgehead atoms. The Morgan fingerprint density at radius 3 is 2.52 bits per heavy atom. The Hall–Kier alpha value is -4.42. The van der Waals surface area contributed by atoms with E-state index in [1.165, 1.54) is 19.1 Å². The number of aliphatic hydroxyl groups is 1. The summed E-state index contributed by atoms with van der Waals surface area (Å²) in [6.07, 6.45) is -1.67. The number of esters is 3. The molecule has 12 heteroatoms. The molecule has 2 aromatic rings. The largest absolute Gasteiger partial charge is 0.504 e. The summed E-state index contributed by atoms with van der Waals surface area (Å²) in [5.74, 6) is -3.62. The van der Waals surface area contributed by atoms with Crippen LogP contribution in [0.15, 0.2) is 54.3 Å². The van der Waals surface area contributed by atoms with Gasteiger partial charge in [0.15, 0.2) is 23.7 Å². The number of carboxylic acid groups (broad SMARTS) is 1.